The van der Waals surface area contributed by atoms with Crippen LogP contribution in [0.3, 0.4) is 0 Å². The van der Waals surface area contributed by atoms with Crippen LogP contribution in [-0.4, -0.2) is 5.78 Å². The second-order valence-electron chi connectivity index (χ2n) is 5.99. The average molecular weight is 250 g/mol. The average Bonchev–Trinajstić information content (AvgIpc) is 2.60. The molecule has 1 aliphatic carbocycles. The summed E-state index contributed by atoms with van der Waals surface area (Å²) in [5.41, 5.74) is 2.45. The van der Waals surface area contributed by atoms with Crippen molar-refractivity contribution in [2.75, 3.05) is 0 Å². The molecule has 1 unspecified atom stereocenters. The largest absolute Gasteiger partial charge is 0.293 e. The van der Waals surface area contributed by atoms with Crippen molar-refractivity contribution < 1.29 is 4.79 Å². The Kier molecular flexibility index (Phi) is 2.43. The standard InChI is InChI=1S/C18H18O/c1-17(2)15-12-8-7-11-14(15)16(19)18(17,3)13-9-5-4-6-10-13/h4-12H,1-3H3. The molecule has 0 amide bonds. The van der Waals surface area contributed by atoms with Gasteiger partial charge in [-0.3, -0.25) is 4.79 Å². The molecule has 1 aliphatic rings. The molecule has 0 bridgehead atoms. The van der Waals surface area contributed by atoms with Gasteiger partial charge in [-0.15, -0.1) is 0 Å². The van der Waals surface area contributed by atoms with Crippen LogP contribution < -0.4 is 0 Å². The molecule has 1 atom stereocenters. The van der Waals surface area contributed by atoms with E-state index in [1.54, 1.807) is 0 Å². The van der Waals surface area contributed by atoms with Crippen LogP contribution in [-0.2, 0) is 10.8 Å². The molecule has 1 heteroatoms. The minimum Gasteiger partial charge on any atom is -0.293 e. The number of benzene rings is 2. The molecule has 0 heterocycles. The van der Waals surface area contributed by atoms with E-state index in [1.807, 2.05) is 36.4 Å². The van der Waals surface area contributed by atoms with Crippen LogP contribution in [0.2, 0.25) is 0 Å². The lowest BCUT2D eigenvalue weighted by Gasteiger charge is -2.38. The van der Waals surface area contributed by atoms with Gasteiger partial charge in [0, 0.05) is 11.0 Å². The SMILES string of the molecule is CC1(C)c2ccccc2C(=O)C1(C)c1ccccc1. The molecule has 0 aromatic heterocycles. The maximum absolute atomic E-state index is 12.9. The third-order valence-electron chi connectivity index (χ3n) is 4.90. The van der Waals surface area contributed by atoms with E-state index in [1.165, 1.54) is 0 Å². The van der Waals surface area contributed by atoms with Crippen LogP contribution in [0, 0.1) is 0 Å². The molecular weight excluding hydrogens is 232 g/mol. The summed E-state index contributed by atoms with van der Waals surface area (Å²) in [4.78, 5) is 12.9. The Morgan fingerprint density at radius 3 is 2.00 bits per heavy atom. The second kappa shape index (κ2) is 3.80. The van der Waals surface area contributed by atoms with E-state index < -0.39 is 5.41 Å². The van der Waals surface area contributed by atoms with Crippen molar-refractivity contribution in [1.29, 1.82) is 0 Å². The van der Waals surface area contributed by atoms with Gasteiger partial charge in [0.25, 0.3) is 0 Å². The lowest BCUT2D eigenvalue weighted by atomic mass is 9.63. The fourth-order valence-corrected chi connectivity index (χ4v) is 3.31. The van der Waals surface area contributed by atoms with Gasteiger partial charge in [-0.1, -0.05) is 68.4 Å². The lowest BCUT2D eigenvalue weighted by molar-refractivity contribution is 0.0865. The van der Waals surface area contributed by atoms with E-state index in [-0.39, 0.29) is 11.2 Å². The highest BCUT2D eigenvalue weighted by Gasteiger charge is 2.55. The number of hydrogen-bond donors (Lipinski definition) is 0. The lowest BCUT2D eigenvalue weighted by Crippen LogP contribution is -2.43. The molecule has 1 nitrogen and oxygen atoms in total. The molecule has 0 radical (unpaired) electrons. The molecule has 19 heavy (non-hydrogen) atoms. The Morgan fingerprint density at radius 2 is 1.37 bits per heavy atom. The number of carbonyl (C=O) groups excluding carboxylic acids is 1. The van der Waals surface area contributed by atoms with Crippen LogP contribution in [0.5, 0.6) is 0 Å². The molecular formula is C18H18O. The predicted molar refractivity (Wildman–Crippen MR) is 77.6 cm³/mol. The fourth-order valence-electron chi connectivity index (χ4n) is 3.31. The Bertz CT molecular complexity index is 640. The number of ketones is 1. The van der Waals surface area contributed by atoms with Gasteiger partial charge in [-0.05, 0) is 18.1 Å². The summed E-state index contributed by atoms with van der Waals surface area (Å²) in [6, 6.07) is 18.1. The van der Waals surface area contributed by atoms with Crippen LogP contribution >= 0.6 is 0 Å². The van der Waals surface area contributed by atoms with Crippen molar-refractivity contribution in [2.24, 2.45) is 0 Å². The summed E-state index contributed by atoms with van der Waals surface area (Å²) in [7, 11) is 0. The van der Waals surface area contributed by atoms with E-state index in [0.717, 1.165) is 16.7 Å². The number of carbonyl (C=O) groups is 1. The number of rotatable bonds is 1. The summed E-state index contributed by atoms with van der Waals surface area (Å²) in [6.07, 6.45) is 0. The molecule has 3 rings (SSSR count). The van der Waals surface area contributed by atoms with Crippen molar-refractivity contribution in [3.05, 3.63) is 71.3 Å². The Hall–Kier alpha value is -1.89. The third kappa shape index (κ3) is 1.39. The number of hydrogen-bond acceptors (Lipinski definition) is 1. The monoisotopic (exact) mass is 250 g/mol. The predicted octanol–water partition coefficient (Wildman–Crippen LogP) is 4.12. The van der Waals surface area contributed by atoms with Gasteiger partial charge in [-0.2, -0.15) is 0 Å². The molecule has 0 spiro atoms. The first-order valence-corrected chi connectivity index (χ1v) is 6.69. The first-order valence-electron chi connectivity index (χ1n) is 6.69. The van der Waals surface area contributed by atoms with Crippen molar-refractivity contribution in [1.82, 2.24) is 0 Å². The summed E-state index contributed by atoms with van der Waals surface area (Å²) in [5.74, 6) is 0.235. The first-order chi connectivity index (χ1) is 8.99. The molecule has 2 aromatic carbocycles. The number of fused-ring (bicyclic) bond motifs is 1. The highest BCUT2D eigenvalue weighted by molar-refractivity contribution is 6.10. The van der Waals surface area contributed by atoms with Crippen LogP contribution in [0.15, 0.2) is 54.6 Å². The molecule has 0 N–H and O–H groups in total. The van der Waals surface area contributed by atoms with E-state index in [4.69, 9.17) is 0 Å². The van der Waals surface area contributed by atoms with Gasteiger partial charge in [0.2, 0.25) is 0 Å². The second-order valence-corrected chi connectivity index (χ2v) is 5.99. The van der Waals surface area contributed by atoms with Gasteiger partial charge in [0.1, 0.15) is 0 Å². The maximum Gasteiger partial charge on any atom is 0.174 e. The first kappa shape index (κ1) is 12.2. The van der Waals surface area contributed by atoms with Gasteiger partial charge in [0.15, 0.2) is 5.78 Å². The molecule has 2 aromatic rings. The minimum absolute atomic E-state index is 0.192. The Labute approximate surface area is 114 Å². The smallest absolute Gasteiger partial charge is 0.174 e. The summed E-state index contributed by atoms with van der Waals surface area (Å²) >= 11 is 0. The molecule has 0 saturated carbocycles. The highest BCUT2D eigenvalue weighted by atomic mass is 16.1. The van der Waals surface area contributed by atoms with E-state index in [2.05, 4.69) is 39.0 Å². The highest BCUT2D eigenvalue weighted by Crippen LogP contribution is 2.52. The zero-order valence-corrected chi connectivity index (χ0v) is 11.6. The van der Waals surface area contributed by atoms with E-state index >= 15 is 0 Å². The van der Waals surface area contributed by atoms with Crippen LogP contribution in [0.1, 0.15) is 42.3 Å². The van der Waals surface area contributed by atoms with Crippen molar-refractivity contribution in [3.8, 4) is 0 Å². The van der Waals surface area contributed by atoms with Gasteiger partial charge in [-0.25, -0.2) is 0 Å². The molecule has 96 valence electrons. The van der Waals surface area contributed by atoms with Crippen molar-refractivity contribution in [2.45, 2.75) is 31.6 Å². The third-order valence-corrected chi connectivity index (χ3v) is 4.90. The summed E-state index contributed by atoms with van der Waals surface area (Å²) in [6.45, 7) is 6.41. The Balaban J connectivity index is 2.28. The summed E-state index contributed by atoms with van der Waals surface area (Å²) in [5, 5.41) is 0. The van der Waals surface area contributed by atoms with E-state index in [9.17, 15) is 4.79 Å². The van der Waals surface area contributed by atoms with Gasteiger partial charge < -0.3 is 0 Å². The minimum atomic E-state index is -0.488. The molecule has 0 saturated heterocycles. The zero-order chi connectivity index (χ0) is 13.7. The van der Waals surface area contributed by atoms with Gasteiger partial charge in [0.05, 0.1) is 5.41 Å². The van der Waals surface area contributed by atoms with Crippen LogP contribution in [0.25, 0.3) is 0 Å². The normalized spacial score (nSPS) is 24.3. The summed E-state index contributed by atoms with van der Waals surface area (Å²) < 4.78 is 0. The van der Waals surface area contributed by atoms with E-state index in [0.29, 0.717) is 0 Å². The fraction of sp³-hybridized carbons (Fsp3) is 0.278. The zero-order valence-electron chi connectivity index (χ0n) is 11.6. The van der Waals surface area contributed by atoms with Crippen LogP contribution in [0.4, 0.5) is 0 Å². The topological polar surface area (TPSA) is 17.1 Å². The maximum atomic E-state index is 12.9. The number of Topliss-reactive ketones (excluding diaryl/α,β-unsaturated/α-hetero) is 1. The van der Waals surface area contributed by atoms with Crippen molar-refractivity contribution in [3.63, 3.8) is 0 Å². The van der Waals surface area contributed by atoms with Gasteiger partial charge >= 0.3 is 0 Å². The Morgan fingerprint density at radius 1 is 0.789 bits per heavy atom. The van der Waals surface area contributed by atoms with Crippen molar-refractivity contribution >= 4 is 5.78 Å². The quantitative estimate of drug-likeness (QED) is 0.744. The molecule has 0 fully saturated rings. The molecule has 0 aliphatic heterocycles.